The highest BCUT2D eigenvalue weighted by Crippen LogP contribution is 2.40. The second-order valence-corrected chi connectivity index (χ2v) is 7.44. The van der Waals surface area contributed by atoms with Gasteiger partial charge in [0.25, 0.3) is 5.56 Å². The average molecular weight is 315 g/mol. The smallest absolute Gasteiger partial charge is 0.260 e. The van der Waals surface area contributed by atoms with E-state index in [4.69, 9.17) is 0 Å². The number of aromatic nitrogens is 3. The van der Waals surface area contributed by atoms with E-state index in [0.29, 0.717) is 11.5 Å². The maximum atomic E-state index is 12.5. The number of aromatic amines is 1. The van der Waals surface area contributed by atoms with Gasteiger partial charge >= 0.3 is 0 Å². The zero-order chi connectivity index (χ0) is 14.4. The van der Waals surface area contributed by atoms with Crippen molar-refractivity contribution in [3.05, 3.63) is 39.8 Å². The third-order valence-corrected chi connectivity index (χ3v) is 6.08. The minimum Gasteiger partial charge on any atom is -0.305 e. The molecule has 0 aromatic carbocycles. The Bertz CT molecular complexity index is 898. The van der Waals surface area contributed by atoms with Crippen molar-refractivity contribution in [1.82, 2.24) is 15.0 Å². The first kappa shape index (κ1) is 13.0. The monoisotopic (exact) mass is 315 g/mol. The molecule has 0 saturated heterocycles. The molecule has 0 aliphatic carbocycles. The summed E-state index contributed by atoms with van der Waals surface area (Å²) in [7, 11) is 0. The normalized spacial score (nSPS) is 14.3. The van der Waals surface area contributed by atoms with Gasteiger partial charge in [0.1, 0.15) is 10.5 Å². The van der Waals surface area contributed by atoms with Crippen molar-refractivity contribution in [3.8, 4) is 11.5 Å². The maximum absolute atomic E-state index is 12.5. The van der Waals surface area contributed by atoms with Gasteiger partial charge in [-0.05, 0) is 43.2 Å². The molecule has 0 unspecified atom stereocenters. The molecule has 1 aliphatic rings. The zero-order valence-electron chi connectivity index (χ0n) is 11.5. The summed E-state index contributed by atoms with van der Waals surface area (Å²) in [6, 6.07) is 5.73. The molecule has 4 heterocycles. The summed E-state index contributed by atoms with van der Waals surface area (Å²) >= 11 is 3.47. The van der Waals surface area contributed by atoms with E-state index in [2.05, 4.69) is 15.0 Å². The highest BCUT2D eigenvalue weighted by atomic mass is 32.2. The molecule has 21 heavy (non-hydrogen) atoms. The minimum absolute atomic E-state index is 0.0432. The average Bonchev–Trinajstić information content (AvgIpc) is 2.86. The molecule has 3 aromatic heterocycles. The molecule has 1 aliphatic heterocycles. The Hall–Kier alpha value is -1.66. The molecular formula is C15H13N3OS2. The first-order valence-electron chi connectivity index (χ1n) is 6.85. The fraction of sp³-hybridized carbons (Fsp3) is 0.267. The first-order chi connectivity index (χ1) is 10.2. The van der Waals surface area contributed by atoms with Crippen LogP contribution in [0.15, 0.2) is 27.2 Å². The van der Waals surface area contributed by atoms with E-state index in [1.54, 1.807) is 11.3 Å². The highest BCUT2D eigenvalue weighted by Gasteiger charge is 2.20. The molecule has 0 spiro atoms. The van der Waals surface area contributed by atoms with Gasteiger partial charge in [-0.2, -0.15) is 0 Å². The maximum Gasteiger partial charge on any atom is 0.260 e. The molecule has 0 saturated carbocycles. The quantitative estimate of drug-likeness (QED) is 0.748. The number of nitrogens with one attached hydrogen (secondary N) is 1. The van der Waals surface area contributed by atoms with Gasteiger partial charge in [-0.15, -0.1) is 23.1 Å². The van der Waals surface area contributed by atoms with Crippen molar-refractivity contribution >= 4 is 33.3 Å². The van der Waals surface area contributed by atoms with Crippen LogP contribution < -0.4 is 5.56 Å². The van der Waals surface area contributed by atoms with Gasteiger partial charge in [-0.25, -0.2) is 9.97 Å². The third-order valence-electron chi connectivity index (χ3n) is 3.56. The van der Waals surface area contributed by atoms with Gasteiger partial charge in [0.2, 0.25) is 0 Å². The molecule has 0 amide bonds. The largest absolute Gasteiger partial charge is 0.305 e. The summed E-state index contributed by atoms with van der Waals surface area (Å²) in [6.45, 7) is 1.93. The lowest BCUT2D eigenvalue weighted by molar-refractivity contribution is 0.910. The SMILES string of the molecule is Cc1cccc(-c2nc3sc4c(c3c(=O)[nH]2)CCCS4)n1. The van der Waals surface area contributed by atoms with Crippen LogP contribution >= 0.6 is 23.1 Å². The van der Waals surface area contributed by atoms with Crippen LogP contribution in [0.4, 0.5) is 0 Å². The van der Waals surface area contributed by atoms with E-state index < -0.39 is 0 Å². The molecule has 106 valence electrons. The van der Waals surface area contributed by atoms with Gasteiger partial charge in [0.15, 0.2) is 5.82 Å². The van der Waals surface area contributed by atoms with E-state index in [1.807, 2.05) is 36.9 Å². The van der Waals surface area contributed by atoms with Crippen LogP contribution in [-0.4, -0.2) is 20.7 Å². The van der Waals surface area contributed by atoms with Crippen molar-refractivity contribution in [2.24, 2.45) is 0 Å². The molecule has 0 radical (unpaired) electrons. The van der Waals surface area contributed by atoms with E-state index >= 15 is 0 Å². The van der Waals surface area contributed by atoms with Crippen molar-refractivity contribution in [3.63, 3.8) is 0 Å². The van der Waals surface area contributed by atoms with Crippen LogP contribution in [0.25, 0.3) is 21.7 Å². The van der Waals surface area contributed by atoms with Crippen molar-refractivity contribution in [2.45, 2.75) is 24.0 Å². The molecule has 0 bridgehead atoms. The van der Waals surface area contributed by atoms with Crippen molar-refractivity contribution in [1.29, 1.82) is 0 Å². The predicted molar refractivity (Wildman–Crippen MR) is 87.3 cm³/mol. The molecule has 1 N–H and O–H groups in total. The number of hydrogen-bond acceptors (Lipinski definition) is 5. The van der Waals surface area contributed by atoms with Crippen LogP contribution in [0.2, 0.25) is 0 Å². The molecular weight excluding hydrogens is 302 g/mol. The van der Waals surface area contributed by atoms with E-state index in [1.165, 1.54) is 9.77 Å². The molecule has 0 fully saturated rings. The summed E-state index contributed by atoms with van der Waals surface area (Å²) in [6.07, 6.45) is 2.11. The van der Waals surface area contributed by atoms with Gasteiger partial charge in [0, 0.05) is 5.69 Å². The third kappa shape index (κ3) is 2.18. The van der Waals surface area contributed by atoms with E-state index in [-0.39, 0.29) is 5.56 Å². The molecule has 4 nitrogen and oxygen atoms in total. The van der Waals surface area contributed by atoms with Crippen molar-refractivity contribution in [2.75, 3.05) is 5.75 Å². The van der Waals surface area contributed by atoms with Crippen LogP contribution in [0.5, 0.6) is 0 Å². The second-order valence-electron chi connectivity index (χ2n) is 5.08. The number of thiophene rings is 1. The van der Waals surface area contributed by atoms with Gasteiger partial charge in [0.05, 0.1) is 9.60 Å². The Balaban J connectivity index is 1.96. The fourth-order valence-electron chi connectivity index (χ4n) is 2.60. The first-order valence-corrected chi connectivity index (χ1v) is 8.65. The second kappa shape index (κ2) is 4.96. The number of H-pyrrole nitrogens is 1. The number of hydrogen-bond donors (Lipinski definition) is 1. The molecule has 6 heteroatoms. The van der Waals surface area contributed by atoms with Crippen LogP contribution in [0.3, 0.4) is 0 Å². The molecule has 0 atom stereocenters. The molecule has 4 rings (SSSR count). The Labute approximate surface area is 129 Å². The van der Waals surface area contributed by atoms with Crippen LogP contribution in [-0.2, 0) is 6.42 Å². The number of pyridine rings is 1. The molecule has 3 aromatic rings. The summed E-state index contributed by atoms with van der Waals surface area (Å²) < 4.78 is 1.25. The minimum atomic E-state index is -0.0432. The number of aryl methyl sites for hydroxylation is 2. The number of nitrogens with zero attached hydrogens (tertiary/aromatic N) is 2. The van der Waals surface area contributed by atoms with Gasteiger partial charge in [-0.3, -0.25) is 4.79 Å². The van der Waals surface area contributed by atoms with Crippen molar-refractivity contribution < 1.29 is 0 Å². The standard InChI is InChI=1S/C15H13N3OS2/c1-8-4-2-6-10(16-8)12-17-13(19)11-9-5-3-7-20-15(9)21-14(11)18-12/h2,4,6H,3,5,7H2,1H3,(H,17,18,19). The number of thioether (sulfide) groups is 1. The van der Waals surface area contributed by atoms with Crippen LogP contribution in [0.1, 0.15) is 17.7 Å². The van der Waals surface area contributed by atoms with E-state index in [9.17, 15) is 4.79 Å². The predicted octanol–water partition coefficient (Wildman–Crippen LogP) is 3.39. The lowest BCUT2D eigenvalue weighted by Gasteiger charge is -2.09. The van der Waals surface area contributed by atoms with E-state index in [0.717, 1.165) is 34.5 Å². The fourth-order valence-corrected chi connectivity index (χ4v) is 5.13. The summed E-state index contributed by atoms with van der Waals surface area (Å²) in [5.41, 5.74) is 2.77. The Morgan fingerprint density at radius 1 is 1.29 bits per heavy atom. The zero-order valence-corrected chi connectivity index (χ0v) is 13.1. The van der Waals surface area contributed by atoms with Crippen LogP contribution in [0, 0.1) is 6.92 Å². The Morgan fingerprint density at radius 2 is 2.19 bits per heavy atom. The Kier molecular flexibility index (Phi) is 3.08. The van der Waals surface area contributed by atoms with Gasteiger partial charge in [-0.1, -0.05) is 6.07 Å². The topological polar surface area (TPSA) is 58.6 Å². The summed E-state index contributed by atoms with van der Waals surface area (Å²) in [4.78, 5) is 25.3. The number of rotatable bonds is 1. The van der Waals surface area contributed by atoms with Gasteiger partial charge < -0.3 is 4.98 Å². The lowest BCUT2D eigenvalue weighted by atomic mass is 10.1. The number of fused-ring (bicyclic) bond motifs is 3. The summed E-state index contributed by atoms with van der Waals surface area (Å²) in [5.74, 6) is 1.68. The highest BCUT2D eigenvalue weighted by molar-refractivity contribution is 8.01. The lowest BCUT2D eigenvalue weighted by Crippen LogP contribution is -2.11. The summed E-state index contributed by atoms with van der Waals surface area (Å²) in [5, 5.41) is 0.776. The Morgan fingerprint density at radius 3 is 3.05 bits per heavy atom.